The van der Waals surface area contributed by atoms with Crippen molar-refractivity contribution in [2.75, 3.05) is 37.9 Å². The molecule has 0 spiro atoms. The summed E-state index contributed by atoms with van der Waals surface area (Å²) in [4.78, 5) is 14.3. The summed E-state index contributed by atoms with van der Waals surface area (Å²) in [5.41, 5.74) is 0.893. The number of benzene rings is 1. The van der Waals surface area contributed by atoms with E-state index in [-0.39, 0.29) is 29.8 Å². The van der Waals surface area contributed by atoms with E-state index in [9.17, 15) is 9.18 Å². The number of amides is 1. The van der Waals surface area contributed by atoms with E-state index in [0.29, 0.717) is 17.9 Å². The van der Waals surface area contributed by atoms with Crippen LogP contribution in [0.25, 0.3) is 0 Å². The van der Waals surface area contributed by atoms with Gasteiger partial charge in [-0.25, -0.2) is 4.39 Å². The second-order valence-corrected chi connectivity index (χ2v) is 6.85. The zero-order valence-corrected chi connectivity index (χ0v) is 14.9. The molecular formula is C18H28FN3O2. The van der Waals surface area contributed by atoms with Gasteiger partial charge in [-0.3, -0.25) is 9.69 Å². The first-order valence-corrected chi connectivity index (χ1v) is 8.50. The Labute approximate surface area is 143 Å². The van der Waals surface area contributed by atoms with Gasteiger partial charge in [0.2, 0.25) is 5.91 Å². The van der Waals surface area contributed by atoms with Gasteiger partial charge in [-0.2, -0.15) is 0 Å². The summed E-state index contributed by atoms with van der Waals surface area (Å²) < 4.78 is 19.7. The molecule has 2 rings (SSSR count). The van der Waals surface area contributed by atoms with Crippen molar-refractivity contribution in [1.29, 1.82) is 0 Å². The highest BCUT2D eigenvalue weighted by Crippen LogP contribution is 2.21. The molecular weight excluding hydrogens is 309 g/mol. The van der Waals surface area contributed by atoms with Crippen LogP contribution in [0, 0.1) is 11.7 Å². The maximum absolute atomic E-state index is 14.2. The Kier molecular flexibility index (Phi) is 6.57. The Balaban J connectivity index is 1.96. The Morgan fingerprint density at radius 1 is 1.42 bits per heavy atom. The van der Waals surface area contributed by atoms with Crippen LogP contribution in [0.5, 0.6) is 0 Å². The number of carbonyl (C=O) groups is 1. The van der Waals surface area contributed by atoms with E-state index in [1.54, 1.807) is 12.1 Å². The van der Waals surface area contributed by atoms with Gasteiger partial charge in [-0.1, -0.05) is 13.8 Å². The molecule has 5 nitrogen and oxygen atoms in total. The molecule has 1 heterocycles. The van der Waals surface area contributed by atoms with Gasteiger partial charge in [0.25, 0.3) is 0 Å². The quantitative estimate of drug-likeness (QED) is 0.803. The van der Waals surface area contributed by atoms with Crippen molar-refractivity contribution in [2.45, 2.75) is 38.8 Å². The van der Waals surface area contributed by atoms with Crippen molar-refractivity contribution in [3.63, 3.8) is 0 Å². The number of anilines is 2. The zero-order valence-electron chi connectivity index (χ0n) is 14.9. The minimum absolute atomic E-state index is 0.130. The van der Waals surface area contributed by atoms with Gasteiger partial charge < -0.3 is 15.4 Å². The number of nitrogens with one attached hydrogen (secondary N) is 2. The standard InChI is InChI=1S/C18H28FN3O2/c1-12(2)17(22(3)4)18(23)21-13-7-8-16(15(19)10-13)20-11-14-6-5-9-24-14/h7-8,10,12,14,17,20H,5-6,9,11H2,1-4H3,(H,21,23)/t14-,17+/m0/s1. The molecule has 24 heavy (non-hydrogen) atoms. The molecule has 1 fully saturated rings. The lowest BCUT2D eigenvalue weighted by Gasteiger charge is -2.26. The zero-order chi connectivity index (χ0) is 17.7. The largest absolute Gasteiger partial charge is 0.380 e. The van der Waals surface area contributed by atoms with E-state index in [2.05, 4.69) is 10.6 Å². The van der Waals surface area contributed by atoms with Gasteiger partial charge in [-0.05, 0) is 51.1 Å². The summed E-state index contributed by atoms with van der Waals surface area (Å²) in [6, 6.07) is 4.46. The highest BCUT2D eigenvalue weighted by atomic mass is 19.1. The Bertz CT molecular complexity index is 549. The van der Waals surface area contributed by atoms with E-state index in [4.69, 9.17) is 4.74 Å². The van der Waals surface area contributed by atoms with Crippen LogP contribution >= 0.6 is 0 Å². The number of halogens is 1. The van der Waals surface area contributed by atoms with Gasteiger partial charge in [-0.15, -0.1) is 0 Å². The fraction of sp³-hybridized carbons (Fsp3) is 0.611. The number of carbonyl (C=O) groups excluding carboxylic acids is 1. The highest BCUT2D eigenvalue weighted by Gasteiger charge is 2.24. The number of nitrogens with zero attached hydrogens (tertiary/aromatic N) is 1. The molecule has 1 amide bonds. The Hall–Kier alpha value is -1.66. The number of rotatable bonds is 7. The second kappa shape index (κ2) is 8.44. The molecule has 0 bridgehead atoms. The Morgan fingerprint density at radius 3 is 2.71 bits per heavy atom. The number of hydrogen-bond donors (Lipinski definition) is 2. The summed E-state index contributed by atoms with van der Waals surface area (Å²) in [6.45, 7) is 5.35. The van der Waals surface area contributed by atoms with E-state index >= 15 is 0 Å². The molecule has 0 unspecified atom stereocenters. The van der Waals surface area contributed by atoms with E-state index < -0.39 is 0 Å². The first kappa shape index (κ1) is 18.7. The number of likely N-dealkylation sites (N-methyl/N-ethyl adjacent to an activating group) is 1. The molecule has 0 saturated carbocycles. The van der Waals surface area contributed by atoms with Crippen LogP contribution in [0.1, 0.15) is 26.7 Å². The lowest BCUT2D eigenvalue weighted by molar-refractivity contribution is -0.121. The monoisotopic (exact) mass is 337 g/mol. The number of hydrogen-bond acceptors (Lipinski definition) is 4. The molecule has 1 aromatic rings. The first-order valence-electron chi connectivity index (χ1n) is 8.50. The molecule has 6 heteroatoms. The van der Waals surface area contributed by atoms with Crippen LogP contribution in [0.3, 0.4) is 0 Å². The predicted molar refractivity (Wildman–Crippen MR) is 94.8 cm³/mol. The normalized spacial score (nSPS) is 18.9. The van der Waals surface area contributed by atoms with Gasteiger partial charge in [0.1, 0.15) is 5.82 Å². The van der Waals surface area contributed by atoms with Crippen molar-refractivity contribution < 1.29 is 13.9 Å². The van der Waals surface area contributed by atoms with Crippen LogP contribution in [0.2, 0.25) is 0 Å². The summed E-state index contributed by atoms with van der Waals surface area (Å²) in [6.07, 6.45) is 2.21. The first-order chi connectivity index (χ1) is 11.4. The Morgan fingerprint density at radius 2 is 2.17 bits per heavy atom. The van der Waals surface area contributed by atoms with Crippen molar-refractivity contribution >= 4 is 17.3 Å². The SMILES string of the molecule is CC(C)[C@H](C(=O)Nc1ccc(NC[C@@H]2CCCO2)c(F)c1)N(C)C. The molecule has 1 aliphatic rings. The molecule has 0 aromatic heterocycles. The molecule has 2 N–H and O–H groups in total. The van der Waals surface area contributed by atoms with Crippen LogP contribution in [-0.4, -0.2) is 50.2 Å². The van der Waals surface area contributed by atoms with Crippen LogP contribution < -0.4 is 10.6 Å². The van der Waals surface area contributed by atoms with E-state index in [1.165, 1.54) is 6.07 Å². The minimum atomic E-state index is -0.378. The fourth-order valence-corrected chi connectivity index (χ4v) is 3.12. The third-order valence-electron chi connectivity index (χ3n) is 4.24. The van der Waals surface area contributed by atoms with Crippen LogP contribution in [0.15, 0.2) is 18.2 Å². The smallest absolute Gasteiger partial charge is 0.241 e. The molecule has 0 radical (unpaired) electrons. The predicted octanol–water partition coefficient (Wildman–Crippen LogP) is 2.94. The molecule has 1 aromatic carbocycles. The molecule has 134 valence electrons. The maximum atomic E-state index is 14.2. The third kappa shape index (κ3) is 4.92. The lowest BCUT2D eigenvalue weighted by Crippen LogP contribution is -2.43. The van der Waals surface area contributed by atoms with Crippen molar-refractivity contribution in [1.82, 2.24) is 4.90 Å². The fourth-order valence-electron chi connectivity index (χ4n) is 3.12. The van der Waals surface area contributed by atoms with E-state index in [0.717, 1.165) is 19.4 Å². The summed E-state index contributed by atoms with van der Waals surface area (Å²) in [5, 5.41) is 5.87. The average Bonchev–Trinajstić information content (AvgIpc) is 2.98. The average molecular weight is 337 g/mol. The summed E-state index contributed by atoms with van der Waals surface area (Å²) in [5.74, 6) is -0.344. The van der Waals surface area contributed by atoms with Crippen molar-refractivity contribution in [3.8, 4) is 0 Å². The highest BCUT2D eigenvalue weighted by molar-refractivity contribution is 5.95. The summed E-state index contributed by atoms with van der Waals surface area (Å²) >= 11 is 0. The van der Waals surface area contributed by atoms with Crippen LogP contribution in [-0.2, 0) is 9.53 Å². The lowest BCUT2D eigenvalue weighted by atomic mass is 10.0. The van der Waals surface area contributed by atoms with Crippen LogP contribution in [0.4, 0.5) is 15.8 Å². The van der Waals surface area contributed by atoms with Crippen molar-refractivity contribution in [2.24, 2.45) is 5.92 Å². The molecule has 1 aliphatic heterocycles. The van der Waals surface area contributed by atoms with Gasteiger partial charge >= 0.3 is 0 Å². The molecule has 1 saturated heterocycles. The topological polar surface area (TPSA) is 53.6 Å². The molecule has 0 aliphatic carbocycles. The number of ether oxygens (including phenoxy) is 1. The van der Waals surface area contributed by atoms with Gasteiger partial charge in [0, 0.05) is 18.8 Å². The third-order valence-corrected chi connectivity index (χ3v) is 4.24. The van der Waals surface area contributed by atoms with E-state index in [1.807, 2.05) is 32.8 Å². The minimum Gasteiger partial charge on any atom is -0.380 e. The maximum Gasteiger partial charge on any atom is 0.241 e. The van der Waals surface area contributed by atoms with Crippen molar-refractivity contribution in [3.05, 3.63) is 24.0 Å². The second-order valence-electron chi connectivity index (χ2n) is 6.85. The molecule has 2 atom stereocenters. The van der Waals surface area contributed by atoms with Gasteiger partial charge in [0.05, 0.1) is 17.8 Å². The summed E-state index contributed by atoms with van der Waals surface area (Å²) in [7, 11) is 3.73. The van der Waals surface area contributed by atoms with Gasteiger partial charge in [0.15, 0.2) is 0 Å².